The monoisotopic (exact) mass is 489 g/mol. The number of amides is 3. The van der Waals surface area contributed by atoms with Gasteiger partial charge in [-0.2, -0.15) is 0 Å². The lowest BCUT2D eigenvalue weighted by Gasteiger charge is -2.12. The van der Waals surface area contributed by atoms with E-state index in [9.17, 15) is 24.0 Å². The van der Waals surface area contributed by atoms with Crippen molar-refractivity contribution in [1.29, 1.82) is 0 Å². The molecule has 0 aromatic heterocycles. The fraction of sp³-hybridized carbons (Fsp3) is 0.792. The van der Waals surface area contributed by atoms with Gasteiger partial charge >= 0.3 is 11.9 Å². The van der Waals surface area contributed by atoms with Gasteiger partial charge in [-0.05, 0) is 6.42 Å². The normalized spacial score (nSPS) is 10.9. The van der Waals surface area contributed by atoms with Crippen LogP contribution in [0, 0.1) is 11.8 Å². The van der Waals surface area contributed by atoms with E-state index >= 15 is 0 Å². The third-order valence-electron chi connectivity index (χ3n) is 4.66. The van der Waals surface area contributed by atoms with Gasteiger partial charge in [0.25, 0.3) is 0 Å². The third-order valence-corrected chi connectivity index (χ3v) is 4.66. The lowest BCUT2D eigenvalue weighted by molar-refractivity contribution is -0.147. The van der Waals surface area contributed by atoms with Gasteiger partial charge in [0.05, 0.1) is 6.42 Å². The van der Waals surface area contributed by atoms with Crippen molar-refractivity contribution in [3.05, 3.63) is 0 Å². The van der Waals surface area contributed by atoms with Crippen LogP contribution in [0.4, 0.5) is 0 Å². The van der Waals surface area contributed by atoms with E-state index in [1.807, 2.05) is 0 Å². The summed E-state index contributed by atoms with van der Waals surface area (Å²) in [6.45, 7) is 9.26. The van der Waals surface area contributed by atoms with Crippen LogP contribution in [0.15, 0.2) is 0 Å². The van der Waals surface area contributed by atoms with Crippen LogP contribution in [0.5, 0.6) is 0 Å². The lowest BCUT2D eigenvalue weighted by atomic mass is 10.1. The standard InChI is InChI=1S/C16H29NO5.2C4H9NO/c1-2-3-4-5-6-7-8-9-10-11-14(18)17-13(16(21)22)12-15(19)20;2*1-3(2)4(5)6/h13H,2-12H2,1H3,(H,17,18)(H,19,20)(H,21,22);2*3H,1-2H3,(H2,5,6)/t13-;;/m0../s1. The summed E-state index contributed by atoms with van der Waals surface area (Å²) in [5.74, 6) is -3.45. The number of carboxylic acids is 2. The number of hydrogen-bond donors (Lipinski definition) is 5. The predicted molar refractivity (Wildman–Crippen MR) is 132 cm³/mol. The van der Waals surface area contributed by atoms with Crippen molar-refractivity contribution in [2.75, 3.05) is 0 Å². The molecule has 0 aromatic rings. The van der Waals surface area contributed by atoms with Gasteiger partial charge in [-0.25, -0.2) is 4.79 Å². The summed E-state index contributed by atoms with van der Waals surface area (Å²) in [6, 6.07) is -1.34. The predicted octanol–water partition coefficient (Wildman–Crippen LogP) is 3.21. The molecule has 1 atom stereocenters. The fourth-order valence-electron chi connectivity index (χ4n) is 2.24. The molecule has 34 heavy (non-hydrogen) atoms. The van der Waals surface area contributed by atoms with E-state index in [2.05, 4.69) is 12.2 Å². The Morgan fingerprint density at radius 3 is 1.35 bits per heavy atom. The number of aliphatic carboxylic acids is 2. The summed E-state index contributed by atoms with van der Waals surface area (Å²) in [7, 11) is 0. The number of primary amides is 2. The van der Waals surface area contributed by atoms with Crippen molar-refractivity contribution in [2.45, 2.75) is 111 Å². The number of rotatable bonds is 16. The molecule has 200 valence electrons. The molecule has 0 saturated carbocycles. The number of hydrogen-bond acceptors (Lipinski definition) is 5. The van der Waals surface area contributed by atoms with Gasteiger partial charge in [-0.1, -0.05) is 86.0 Å². The molecule has 0 rings (SSSR count). The largest absolute Gasteiger partial charge is 0.481 e. The van der Waals surface area contributed by atoms with Crippen LogP contribution in [-0.2, 0) is 24.0 Å². The Balaban J connectivity index is -0.000000653. The third kappa shape index (κ3) is 29.4. The maximum atomic E-state index is 11.6. The number of carbonyl (C=O) groups is 5. The quantitative estimate of drug-likeness (QED) is 0.205. The van der Waals surface area contributed by atoms with E-state index in [1.165, 1.54) is 38.5 Å². The summed E-state index contributed by atoms with van der Waals surface area (Å²) in [4.78, 5) is 52.7. The van der Waals surface area contributed by atoms with E-state index in [1.54, 1.807) is 27.7 Å². The first kappa shape index (κ1) is 35.9. The molecule has 0 bridgehead atoms. The van der Waals surface area contributed by atoms with Gasteiger partial charge < -0.3 is 27.0 Å². The Hall–Kier alpha value is -2.65. The number of carboxylic acid groups (broad SMARTS) is 2. The van der Waals surface area contributed by atoms with Gasteiger partial charge in [0.2, 0.25) is 17.7 Å². The smallest absolute Gasteiger partial charge is 0.326 e. The van der Waals surface area contributed by atoms with E-state index in [0.29, 0.717) is 6.42 Å². The van der Waals surface area contributed by atoms with Crippen LogP contribution in [0.1, 0.15) is 105 Å². The first-order valence-corrected chi connectivity index (χ1v) is 12.1. The Labute approximate surface area is 204 Å². The fourth-order valence-corrected chi connectivity index (χ4v) is 2.24. The second-order valence-electron chi connectivity index (χ2n) is 8.75. The molecule has 0 heterocycles. The summed E-state index contributed by atoms with van der Waals surface area (Å²) < 4.78 is 0. The first-order valence-electron chi connectivity index (χ1n) is 12.1. The van der Waals surface area contributed by atoms with Crippen LogP contribution in [0.3, 0.4) is 0 Å². The summed E-state index contributed by atoms with van der Waals surface area (Å²) in [5.41, 5.74) is 9.59. The molecule has 10 heteroatoms. The molecule has 0 aliphatic rings. The molecule has 0 aliphatic heterocycles. The number of nitrogens with two attached hydrogens (primary N) is 2. The minimum Gasteiger partial charge on any atom is -0.481 e. The van der Waals surface area contributed by atoms with Crippen molar-refractivity contribution in [1.82, 2.24) is 5.32 Å². The Kier molecular flexibility index (Phi) is 24.8. The zero-order chi connectivity index (χ0) is 27.1. The molecular weight excluding hydrogens is 442 g/mol. The highest BCUT2D eigenvalue weighted by Crippen LogP contribution is 2.10. The van der Waals surface area contributed by atoms with Gasteiger partial charge in [0.15, 0.2) is 0 Å². The van der Waals surface area contributed by atoms with Crippen molar-refractivity contribution in [3.63, 3.8) is 0 Å². The zero-order valence-electron chi connectivity index (χ0n) is 21.6. The molecule has 0 aromatic carbocycles. The zero-order valence-corrected chi connectivity index (χ0v) is 21.6. The highest BCUT2D eigenvalue weighted by molar-refractivity contribution is 5.86. The van der Waals surface area contributed by atoms with Crippen molar-refractivity contribution in [2.24, 2.45) is 23.3 Å². The van der Waals surface area contributed by atoms with Crippen LogP contribution < -0.4 is 16.8 Å². The molecule has 0 saturated heterocycles. The van der Waals surface area contributed by atoms with Crippen LogP contribution in [0.25, 0.3) is 0 Å². The molecule has 3 amide bonds. The molecule has 7 N–H and O–H groups in total. The highest BCUT2D eigenvalue weighted by atomic mass is 16.4. The summed E-state index contributed by atoms with van der Waals surface area (Å²) >= 11 is 0. The van der Waals surface area contributed by atoms with Crippen molar-refractivity contribution < 1.29 is 34.2 Å². The van der Waals surface area contributed by atoms with E-state index in [4.69, 9.17) is 21.7 Å². The second kappa shape index (κ2) is 23.5. The van der Waals surface area contributed by atoms with Crippen molar-refractivity contribution >= 4 is 29.7 Å². The average Bonchev–Trinajstić information content (AvgIpc) is 2.72. The van der Waals surface area contributed by atoms with Crippen LogP contribution >= 0.6 is 0 Å². The van der Waals surface area contributed by atoms with Gasteiger partial charge in [0.1, 0.15) is 6.04 Å². The van der Waals surface area contributed by atoms with Gasteiger partial charge in [-0.3, -0.25) is 19.2 Å². The Morgan fingerprint density at radius 2 is 1.06 bits per heavy atom. The van der Waals surface area contributed by atoms with Gasteiger partial charge in [-0.15, -0.1) is 0 Å². The average molecular weight is 490 g/mol. The molecule has 0 spiro atoms. The Morgan fingerprint density at radius 1 is 0.706 bits per heavy atom. The molecule has 0 radical (unpaired) electrons. The maximum absolute atomic E-state index is 11.6. The van der Waals surface area contributed by atoms with E-state index in [-0.39, 0.29) is 30.1 Å². The summed E-state index contributed by atoms with van der Waals surface area (Å²) in [5, 5.41) is 19.7. The first-order chi connectivity index (χ1) is 15.8. The maximum Gasteiger partial charge on any atom is 0.326 e. The topological polar surface area (TPSA) is 190 Å². The van der Waals surface area contributed by atoms with E-state index in [0.717, 1.165) is 12.8 Å². The van der Waals surface area contributed by atoms with E-state index < -0.39 is 30.3 Å². The second-order valence-corrected chi connectivity index (χ2v) is 8.75. The molecular formula is C24H47N3O7. The number of carbonyl (C=O) groups excluding carboxylic acids is 3. The molecule has 0 fully saturated rings. The molecule has 0 unspecified atom stereocenters. The molecule has 0 aliphatic carbocycles. The number of unbranched alkanes of at least 4 members (excludes halogenated alkanes) is 8. The summed E-state index contributed by atoms with van der Waals surface area (Å²) in [6.07, 6.45) is 9.87. The minimum atomic E-state index is -1.34. The highest BCUT2D eigenvalue weighted by Gasteiger charge is 2.22. The SMILES string of the molecule is CC(C)C(N)=O.CC(C)C(N)=O.CCCCCCCCCCCC(=O)N[C@@H](CC(=O)O)C(=O)O. The lowest BCUT2D eigenvalue weighted by Crippen LogP contribution is -2.42. The molecule has 10 nitrogen and oxygen atoms in total. The van der Waals surface area contributed by atoms with Crippen molar-refractivity contribution in [3.8, 4) is 0 Å². The Bertz CT molecular complexity index is 575. The van der Waals surface area contributed by atoms with Crippen LogP contribution in [0.2, 0.25) is 0 Å². The van der Waals surface area contributed by atoms with Gasteiger partial charge in [0, 0.05) is 18.3 Å². The minimum absolute atomic E-state index is 0.00926. The van der Waals surface area contributed by atoms with Crippen LogP contribution in [-0.4, -0.2) is 45.9 Å². The number of nitrogens with one attached hydrogen (secondary N) is 1.